The highest BCUT2D eigenvalue weighted by Gasteiger charge is 2.19. The van der Waals surface area contributed by atoms with Crippen LogP contribution < -0.4 is 4.80 Å². The van der Waals surface area contributed by atoms with Gasteiger partial charge in [0, 0.05) is 17.6 Å². The van der Waals surface area contributed by atoms with E-state index in [1.807, 2.05) is 29.7 Å². The topological polar surface area (TPSA) is 30.2 Å². The van der Waals surface area contributed by atoms with Gasteiger partial charge >= 0.3 is 0 Å². The monoisotopic (exact) mass is 355 g/mol. The lowest BCUT2D eigenvalue weighted by atomic mass is 10.1. The van der Waals surface area contributed by atoms with E-state index in [2.05, 4.69) is 32.4 Å². The Morgan fingerprint density at radius 1 is 1.04 bits per heavy atom. The van der Waals surface area contributed by atoms with Crippen molar-refractivity contribution in [3.63, 3.8) is 0 Å². The molecule has 3 aromatic rings. The molecule has 0 atom stereocenters. The molecule has 0 amide bonds. The van der Waals surface area contributed by atoms with Crippen LogP contribution in [0.5, 0.6) is 0 Å². The lowest BCUT2D eigenvalue weighted by Crippen LogP contribution is -2.21. The molecule has 3 heterocycles. The summed E-state index contributed by atoms with van der Waals surface area (Å²) in [6.45, 7) is 0. The fourth-order valence-corrected chi connectivity index (χ4v) is 5.20. The molecule has 24 heavy (non-hydrogen) atoms. The minimum atomic E-state index is 0.561. The van der Waals surface area contributed by atoms with Gasteiger partial charge in [0.15, 0.2) is 4.80 Å². The fraction of sp³-hybridized carbons (Fsp3) is 0.368. The second-order valence-electron chi connectivity index (χ2n) is 6.22. The van der Waals surface area contributed by atoms with E-state index in [-0.39, 0.29) is 0 Å². The number of rotatable bonds is 3. The van der Waals surface area contributed by atoms with Crippen molar-refractivity contribution >= 4 is 28.4 Å². The summed E-state index contributed by atoms with van der Waals surface area (Å²) in [6, 6.07) is 8.88. The molecule has 0 unspecified atom stereocenters. The van der Waals surface area contributed by atoms with Gasteiger partial charge in [0.25, 0.3) is 0 Å². The number of pyridine rings is 1. The minimum Gasteiger partial charge on any atom is -0.313 e. The molecule has 0 aliphatic heterocycles. The molecular weight excluding hydrogens is 334 g/mol. The second kappa shape index (κ2) is 7.45. The zero-order chi connectivity index (χ0) is 16.2. The summed E-state index contributed by atoms with van der Waals surface area (Å²) >= 11 is 3.56. The maximum atomic E-state index is 4.90. The van der Waals surface area contributed by atoms with Gasteiger partial charge in [0.1, 0.15) is 0 Å². The molecule has 3 nitrogen and oxygen atoms in total. The Morgan fingerprint density at radius 3 is 2.62 bits per heavy atom. The van der Waals surface area contributed by atoms with Crippen LogP contribution in [0.1, 0.15) is 44.6 Å². The lowest BCUT2D eigenvalue weighted by Gasteiger charge is -2.19. The molecule has 4 rings (SSSR count). The molecule has 0 saturated heterocycles. The van der Waals surface area contributed by atoms with E-state index in [0.29, 0.717) is 6.04 Å². The van der Waals surface area contributed by atoms with Crippen LogP contribution in [-0.2, 0) is 0 Å². The van der Waals surface area contributed by atoms with Gasteiger partial charge in [-0.05, 0) is 36.4 Å². The first kappa shape index (κ1) is 15.8. The SMILES string of the molecule is c1cncc(N=c2scc(-c3cccs3)n2C2CCCCCC2)c1. The Hall–Kier alpha value is -1.72. The zero-order valence-electron chi connectivity index (χ0n) is 13.6. The number of thiazole rings is 1. The Bertz CT molecular complexity index is 823. The van der Waals surface area contributed by atoms with Gasteiger partial charge in [-0.2, -0.15) is 0 Å². The van der Waals surface area contributed by atoms with Crippen LogP contribution in [0.25, 0.3) is 10.6 Å². The molecule has 0 radical (unpaired) electrons. The van der Waals surface area contributed by atoms with E-state index < -0.39 is 0 Å². The van der Waals surface area contributed by atoms with Crippen LogP contribution in [0, 0.1) is 0 Å². The quantitative estimate of drug-likeness (QED) is 0.546. The van der Waals surface area contributed by atoms with Gasteiger partial charge < -0.3 is 4.57 Å². The van der Waals surface area contributed by atoms with Crippen molar-refractivity contribution in [3.8, 4) is 10.6 Å². The molecule has 1 aliphatic rings. The van der Waals surface area contributed by atoms with Crippen molar-refractivity contribution in [3.05, 3.63) is 52.2 Å². The third-order valence-electron chi connectivity index (χ3n) is 4.58. The van der Waals surface area contributed by atoms with Gasteiger partial charge in [-0.25, -0.2) is 4.99 Å². The summed E-state index contributed by atoms with van der Waals surface area (Å²) in [6.07, 6.45) is 11.5. The van der Waals surface area contributed by atoms with E-state index in [0.717, 1.165) is 10.5 Å². The van der Waals surface area contributed by atoms with Crippen molar-refractivity contribution in [1.82, 2.24) is 9.55 Å². The van der Waals surface area contributed by atoms with Crippen LogP contribution in [0.2, 0.25) is 0 Å². The molecule has 0 aromatic carbocycles. The fourth-order valence-electron chi connectivity index (χ4n) is 3.41. The Morgan fingerprint density at radius 2 is 1.92 bits per heavy atom. The van der Waals surface area contributed by atoms with Gasteiger partial charge in [0.05, 0.1) is 22.5 Å². The predicted octanol–water partition coefficient (Wildman–Crippen LogP) is 5.80. The number of nitrogens with zero attached hydrogens (tertiary/aromatic N) is 3. The highest BCUT2D eigenvalue weighted by molar-refractivity contribution is 7.14. The van der Waals surface area contributed by atoms with E-state index in [9.17, 15) is 0 Å². The van der Waals surface area contributed by atoms with Crippen LogP contribution >= 0.6 is 22.7 Å². The summed E-state index contributed by atoms with van der Waals surface area (Å²) in [4.78, 5) is 11.5. The third-order valence-corrected chi connectivity index (χ3v) is 6.31. The zero-order valence-corrected chi connectivity index (χ0v) is 15.2. The van der Waals surface area contributed by atoms with Crippen LogP contribution in [0.15, 0.2) is 52.4 Å². The minimum absolute atomic E-state index is 0.561. The van der Waals surface area contributed by atoms with Crippen molar-refractivity contribution in [2.75, 3.05) is 0 Å². The van der Waals surface area contributed by atoms with Crippen molar-refractivity contribution < 1.29 is 0 Å². The molecule has 0 bridgehead atoms. The number of hydrogen-bond donors (Lipinski definition) is 0. The van der Waals surface area contributed by atoms with Crippen molar-refractivity contribution in [2.24, 2.45) is 4.99 Å². The maximum absolute atomic E-state index is 4.90. The van der Waals surface area contributed by atoms with Crippen molar-refractivity contribution in [2.45, 2.75) is 44.6 Å². The lowest BCUT2D eigenvalue weighted by molar-refractivity contribution is 0.440. The Balaban J connectivity index is 1.83. The highest BCUT2D eigenvalue weighted by atomic mass is 32.1. The predicted molar refractivity (Wildman–Crippen MR) is 102 cm³/mol. The summed E-state index contributed by atoms with van der Waals surface area (Å²) < 4.78 is 2.49. The third kappa shape index (κ3) is 3.37. The normalized spacial score (nSPS) is 17.1. The van der Waals surface area contributed by atoms with E-state index in [1.54, 1.807) is 17.5 Å². The molecule has 1 fully saturated rings. The molecule has 124 valence electrons. The number of aromatic nitrogens is 2. The van der Waals surface area contributed by atoms with Crippen molar-refractivity contribution in [1.29, 1.82) is 0 Å². The Kier molecular flexibility index (Phi) is 4.90. The summed E-state index contributed by atoms with van der Waals surface area (Å²) in [5.41, 5.74) is 2.25. The highest BCUT2D eigenvalue weighted by Crippen LogP contribution is 2.33. The Labute approximate surface area is 150 Å². The van der Waals surface area contributed by atoms with E-state index in [1.165, 1.54) is 49.1 Å². The van der Waals surface area contributed by atoms with Gasteiger partial charge in [-0.1, -0.05) is 31.7 Å². The van der Waals surface area contributed by atoms with E-state index >= 15 is 0 Å². The summed E-state index contributed by atoms with van der Waals surface area (Å²) in [7, 11) is 0. The van der Waals surface area contributed by atoms with Gasteiger partial charge in [0.2, 0.25) is 0 Å². The first-order valence-corrected chi connectivity index (χ1v) is 10.4. The first-order valence-electron chi connectivity index (χ1n) is 8.60. The van der Waals surface area contributed by atoms with Crippen LogP contribution in [0.3, 0.4) is 0 Å². The number of thiophene rings is 1. The van der Waals surface area contributed by atoms with Gasteiger partial charge in [-0.3, -0.25) is 4.98 Å². The summed E-state index contributed by atoms with van der Waals surface area (Å²) in [5.74, 6) is 0. The van der Waals surface area contributed by atoms with E-state index in [4.69, 9.17) is 4.99 Å². The smallest absolute Gasteiger partial charge is 0.190 e. The molecule has 0 N–H and O–H groups in total. The second-order valence-corrected chi connectivity index (χ2v) is 8.00. The van der Waals surface area contributed by atoms with Crippen LogP contribution in [0.4, 0.5) is 5.69 Å². The molecule has 1 aliphatic carbocycles. The largest absolute Gasteiger partial charge is 0.313 e. The average Bonchev–Trinajstić information content (AvgIpc) is 3.20. The first-order chi connectivity index (χ1) is 11.9. The standard InChI is InChI=1S/C19H21N3S2/c1-2-4-9-16(8-3-1)22-17(18-10-6-12-23-18)14-24-19(22)21-15-7-5-11-20-13-15/h5-7,10-14,16H,1-4,8-9H2. The molecule has 3 aromatic heterocycles. The molecule has 0 spiro atoms. The number of hydrogen-bond acceptors (Lipinski definition) is 4. The van der Waals surface area contributed by atoms with Crippen LogP contribution in [-0.4, -0.2) is 9.55 Å². The molecular formula is C19H21N3S2. The molecule has 5 heteroatoms. The maximum Gasteiger partial charge on any atom is 0.190 e. The average molecular weight is 356 g/mol. The summed E-state index contributed by atoms with van der Waals surface area (Å²) in [5, 5.41) is 4.42. The van der Waals surface area contributed by atoms with Gasteiger partial charge in [-0.15, -0.1) is 22.7 Å². The molecule has 1 saturated carbocycles.